The number of nitrogens with one attached hydrogen (secondary N) is 2. The summed E-state index contributed by atoms with van der Waals surface area (Å²) in [5, 5.41) is 5.62. The number of ether oxygens (including phenoxy) is 1. The third kappa shape index (κ3) is 7.43. The van der Waals surface area contributed by atoms with E-state index >= 15 is 0 Å². The van der Waals surface area contributed by atoms with Gasteiger partial charge in [-0.15, -0.1) is 0 Å². The van der Waals surface area contributed by atoms with Gasteiger partial charge in [-0.3, -0.25) is 5.32 Å². The number of benzene rings is 1. The van der Waals surface area contributed by atoms with Crippen molar-refractivity contribution in [3.8, 4) is 0 Å². The molecule has 1 rings (SSSR count). The van der Waals surface area contributed by atoms with Gasteiger partial charge in [0.25, 0.3) is 0 Å². The summed E-state index contributed by atoms with van der Waals surface area (Å²) >= 11 is 0. The minimum Gasteiger partial charge on any atom is -0.453 e. The van der Waals surface area contributed by atoms with Gasteiger partial charge < -0.3 is 10.1 Å². The van der Waals surface area contributed by atoms with Crippen LogP contribution in [-0.4, -0.2) is 25.4 Å². The second-order valence-corrected chi connectivity index (χ2v) is 4.75. The number of amides is 1. The fraction of sp³-hybridized carbons (Fsp3) is 0.500. The molecule has 0 heterocycles. The number of hydrogen-bond acceptors (Lipinski definition) is 3. The van der Waals surface area contributed by atoms with E-state index in [-0.39, 0.29) is 12.5 Å². The molecule has 1 amide bonds. The van der Waals surface area contributed by atoms with Crippen LogP contribution < -0.4 is 10.6 Å². The van der Waals surface area contributed by atoms with Gasteiger partial charge in [-0.05, 0) is 38.0 Å². The van der Waals surface area contributed by atoms with E-state index in [1.807, 2.05) is 6.92 Å². The van der Waals surface area contributed by atoms with Crippen LogP contribution in [0.2, 0.25) is 0 Å². The summed E-state index contributed by atoms with van der Waals surface area (Å²) in [5.74, 6) is 0. The van der Waals surface area contributed by atoms with Gasteiger partial charge in [0.2, 0.25) is 0 Å². The first-order valence-electron chi connectivity index (χ1n) is 6.58. The predicted molar refractivity (Wildman–Crippen MR) is 75.5 cm³/mol. The molecule has 4 nitrogen and oxygen atoms in total. The number of halogens is 3. The molecule has 21 heavy (non-hydrogen) atoms. The molecule has 0 aliphatic carbocycles. The number of alkyl halides is 3. The normalized spacial score (nSPS) is 12.6. The van der Waals surface area contributed by atoms with Crippen molar-refractivity contribution < 1.29 is 22.7 Å². The maximum Gasteiger partial charge on any atom is 0.411 e. The van der Waals surface area contributed by atoms with Gasteiger partial charge in [0.05, 0.1) is 7.11 Å². The molecule has 0 bridgehead atoms. The summed E-state index contributed by atoms with van der Waals surface area (Å²) in [6.45, 7) is 1.82. The Balaban J connectivity index is 2.46. The first-order valence-corrected chi connectivity index (χ1v) is 6.58. The highest BCUT2D eigenvalue weighted by molar-refractivity contribution is 5.85. The highest BCUT2D eigenvalue weighted by Crippen LogP contribution is 2.23. The molecular weight excluding hydrogens is 285 g/mol. The van der Waals surface area contributed by atoms with Crippen LogP contribution in [0.1, 0.15) is 26.2 Å². The summed E-state index contributed by atoms with van der Waals surface area (Å²) in [6.07, 6.45) is -4.97. The van der Waals surface area contributed by atoms with E-state index in [0.717, 1.165) is 5.69 Å². The summed E-state index contributed by atoms with van der Waals surface area (Å²) in [6, 6.07) is 6.80. The standard InChI is InChI=1S/C14H19F3N2O2/c1-10(5-4-8-14(15,16)17)18-11-6-3-7-12(9-11)19-13(20)21-2/h3,6-7,9-10,18H,4-5,8H2,1-2H3,(H,19,20). The summed E-state index contributed by atoms with van der Waals surface area (Å²) in [5.41, 5.74) is 1.28. The lowest BCUT2D eigenvalue weighted by molar-refractivity contribution is -0.135. The third-order valence-corrected chi connectivity index (χ3v) is 2.80. The molecule has 0 spiro atoms. The molecule has 118 valence electrons. The van der Waals surface area contributed by atoms with Crippen molar-refractivity contribution in [3.63, 3.8) is 0 Å². The van der Waals surface area contributed by atoms with Crippen LogP contribution in [0.25, 0.3) is 0 Å². The number of carbonyl (C=O) groups is 1. The first-order chi connectivity index (χ1) is 9.80. The monoisotopic (exact) mass is 304 g/mol. The highest BCUT2D eigenvalue weighted by Gasteiger charge is 2.26. The molecule has 0 aliphatic heterocycles. The Morgan fingerprint density at radius 3 is 2.62 bits per heavy atom. The molecular formula is C14H19F3N2O2. The van der Waals surface area contributed by atoms with Crippen LogP contribution in [0, 0.1) is 0 Å². The SMILES string of the molecule is COC(=O)Nc1cccc(NC(C)CCCC(F)(F)F)c1. The zero-order chi connectivity index (χ0) is 15.9. The van der Waals surface area contributed by atoms with Crippen LogP contribution in [0.5, 0.6) is 0 Å². The summed E-state index contributed by atoms with van der Waals surface area (Å²) < 4.78 is 40.7. The zero-order valence-corrected chi connectivity index (χ0v) is 12.0. The van der Waals surface area contributed by atoms with Crippen molar-refractivity contribution in [1.29, 1.82) is 0 Å². The van der Waals surface area contributed by atoms with E-state index in [9.17, 15) is 18.0 Å². The fourth-order valence-electron chi connectivity index (χ4n) is 1.82. The largest absolute Gasteiger partial charge is 0.453 e. The van der Waals surface area contributed by atoms with Crippen molar-refractivity contribution in [2.24, 2.45) is 0 Å². The summed E-state index contributed by atoms with van der Waals surface area (Å²) in [4.78, 5) is 11.1. The maximum absolute atomic E-state index is 12.1. The van der Waals surface area contributed by atoms with Gasteiger partial charge in [0.15, 0.2) is 0 Å². The molecule has 0 fully saturated rings. The molecule has 1 aromatic carbocycles. The van der Waals surface area contributed by atoms with Crippen LogP contribution in [0.3, 0.4) is 0 Å². The van der Waals surface area contributed by atoms with E-state index in [4.69, 9.17) is 0 Å². The average molecular weight is 304 g/mol. The van der Waals surface area contributed by atoms with Crippen molar-refractivity contribution in [3.05, 3.63) is 24.3 Å². The fourth-order valence-corrected chi connectivity index (χ4v) is 1.82. The van der Waals surface area contributed by atoms with E-state index in [1.165, 1.54) is 7.11 Å². The molecule has 0 saturated heterocycles. The van der Waals surface area contributed by atoms with Crippen molar-refractivity contribution >= 4 is 17.5 Å². The van der Waals surface area contributed by atoms with E-state index in [1.54, 1.807) is 24.3 Å². The minimum absolute atomic E-state index is 0.0811. The molecule has 0 aliphatic rings. The van der Waals surface area contributed by atoms with E-state index in [0.29, 0.717) is 12.1 Å². The van der Waals surface area contributed by atoms with Crippen LogP contribution >= 0.6 is 0 Å². The van der Waals surface area contributed by atoms with Crippen molar-refractivity contribution in [2.45, 2.75) is 38.4 Å². The van der Waals surface area contributed by atoms with Crippen LogP contribution in [0.15, 0.2) is 24.3 Å². The average Bonchev–Trinajstić information content (AvgIpc) is 2.37. The quantitative estimate of drug-likeness (QED) is 0.819. The van der Waals surface area contributed by atoms with Gasteiger partial charge in [-0.1, -0.05) is 6.07 Å². The lowest BCUT2D eigenvalue weighted by Gasteiger charge is -2.16. The Morgan fingerprint density at radius 1 is 1.33 bits per heavy atom. The molecule has 1 unspecified atom stereocenters. The van der Waals surface area contributed by atoms with Gasteiger partial charge in [-0.25, -0.2) is 4.79 Å². The second-order valence-electron chi connectivity index (χ2n) is 4.75. The Morgan fingerprint density at radius 2 is 2.00 bits per heavy atom. The Bertz CT molecular complexity index is 464. The van der Waals surface area contributed by atoms with E-state index in [2.05, 4.69) is 15.4 Å². The van der Waals surface area contributed by atoms with E-state index < -0.39 is 18.7 Å². The lowest BCUT2D eigenvalue weighted by atomic mass is 10.1. The molecule has 1 atom stereocenters. The number of anilines is 2. The Kier molecular flexibility index (Phi) is 6.33. The maximum atomic E-state index is 12.1. The van der Waals surface area contributed by atoms with Gasteiger partial charge >= 0.3 is 12.3 Å². The zero-order valence-electron chi connectivity index (χ0n) is 12.0. The highest BCUT2D eigenvalue weighted by atomic mass is 19.4. The second kappa shape index (κ2) is 7.75. The Hall–Kier alpha value is -1.92. The number of methoxy groups -OCH3 is 1. The number of rotatable bonds is 6. The minimum atomic E-state index is -4.11. The van der Waals surface area contributed by atoms with Gasteiger partial charge in [0, 0.05) is 23.8 Å². The summed E-state index contributed by atoms with van der Waals surface area (Å²) in [7, 11) is 1.26. The predicted octanol–water partition coefficient (Wildman–Crippen LogP) is 4.40. The van der Waals surface area contributed by atoms with Crippen molar-refractivity contribution in [1.82, 2.24) is 0 Å². The molecule has 0 radical (unpaired) electrons. The topological polar surface area (TPSA) is 50.4 Å². The van der Waals surface area contributed by atoms with Gasteiger partial charge in [0.1, 0.15) is 0 Å². The number of hydrogen-bond donors (Lipinski definition) is 2. The molecule has 2 N–H and O–H groups in total. The van der Waals surface area contributed by atoms with Crippen LogP contribution in [0.4, 0.5) is 29.3 Å². The smallest absolute Gasteiger partial charge is 0.411 e. The first kappa shape index (κ1) is 17.1. The molecule has 0 aromatic heterocycles. The van der Waals surface area contributed by atoms with Crippen LogP contribution in [-0.2, 0) is 4.74 Å². The van der Waals surface area contributed by atoms with Gasteiger partial charge in [-0.2, -0.15) is 13.2 Å². The third-order valence-electron chi connectivity index (χ3n) is 2.80. The lowest BCUT2D eigenvalue weighted by Crippen LogP contribution is -2.17. The Labute approximate surface area is 121 Å². The van der Waals surface area contributed by atoms with Crippen molar-refractivity contribution in [2.75, 3.05) is 17.7 Å². The number of carbonyl (C=O) groups excluding carboxylic acids is 1. The molecule has 1 aromatic rings. The molecule has 7 heteroatoms. The molecule has 0 saturated carbocycles.